The van der Waals surface area contributed by atoms with Crippen molar-refractivity contribution in [1.82, 2.24) is 14.9 Å². The summed E-state index contributed by atoms with van der Waals surface area (Å²) < 4.78 is 12.8. The molecule has 1 aromatic heterocycles. The number of hydrogen-bond donors (Lipinski definition) is 0. The quantitative estimate of drug-likeness (QED) is 0.851. The van der Waals surface area contributed by atoms with Gasteiger partial charge in [-0.2, -0.15) is 0 Å². The van der Waals surface area contributed by atoms with Gasteiger partial charge in [0.25, 0.3) is 0 Å². The third kappa shape index (κ3) is 3.75. The van der Waals surface area contributed by atoms with Crippen molar-refractivity contribution in [3.63, 3.8) is 0 Å². The minimum absolute atomic E-state index is 0.218. The number of halogens is 2. The predicted molar refractivity (Wildman–Crippen MR) is 68.6 cm³/mol. The molecule has 2 aromatic rings. The number of aromatic nitrogens is 2. The first-order valence-electron chi connectivity index (χ1n) is 5.53. The molecule has 3 nitrogen and oxygen atoms in total. The Labute approximate surface area is 110 Å². The van der Waals surface area contributed by atoms with Gasteiger partial charge in [-0.15, -0.1) is 0 Å². The molecule has 0 saturated carbocycles. The van der Waals surface area contributed by atoms with Crippen LogP contribution in [-0.2, 0) is 13.1 Å². The third-order valence-corrected chi connectivity index (χ3v) is 2.67. The highest BCUT2D eigenvalue weighted by molar-refractivity contribution is 6.29. The summed E-state index contributed by atoms with van der Waals surface area (Å²) in [5.41, 5.74) is 1.91. The van der Waals surface area contributed by atoms with Gasteiger partial charge in [0.05, 0.1) is 18.1 Å². The van der Waals surface area contributed by atoms with E-state index in [1.54, 1.807) is 18.3 Å². The molecule has 0 aliphatic rings. The molecule has 0 atom stereocenters. The highest BCUT2D eigenvalue weighted by Gasteiger charge is 2.03. The summed E-state index contributed by atoms with van der Waals surface area (Å²) in [6, 6.07) is 6.48. The molecule has 0 aliphatic heterocycles. The van der Waals surface area contributed by atoms with E-state index >= 15 is 0 Å². The Bertz CT molecular complexity index is 451. The average Bonchev–Trinajstić information content (AvgIpc) is 2.35. The lowest BCUT2D eigenvalue weighted by molar-refractivity contribution is 0.314. The number of nitrogens with zero attached hydrogens (tertiary/aromatic N) is 3. The molecule has 5 heteroatoms. The van der Waals surface area contributed by atoms with Gasteiger partial charge in [-0.25, -0.2) is 9.37 Å². The Hall–Kier alpha value is -1.52. The first kappa shape index (κ1) is 12.9. The molecular weight excluding hydrogens is 253 g/mol. The van der Waals surface area contributed by atoms with Crippen molar-refractivity contribution in [1.29, 1.82) is 0 Å². The topological polar surface area (TPSA) is 29.0 Å². The van der Waals surface area contributed by atoms with E-state index in [2.05, 4.69) is 14.9 Å². The van der Waals surface area contributed by atoms with Crippen molar-refractivity contribution in [2.24, 2.45) is 0 Å². The van der Waals surface area contributed by atoms with Gasteiger partial charge in [0.1, 0.15) is 11.0 Å². The Morgan fingerprint density at radius 2 is 1.83 bits per heavy atom. The second kappa shape index (κ2) is 5.89. The van der Waals surface area contributed by atoms with Gasteiger partial charge in [0.15, 0.2) is 0 Å². The van der Waals surface area contributed by atoms with Crippen molar-refractivity contribution in [2.75, 3.05) is 7.05 Å². The van der Waals surface area contributed by atoms with Gasteiger partial charge in [-0.05, 0) is 24.7 Å². The molecule has 0 radical (unpaired) electrons. The van der Waals surface area contributed by atoms with Crippen molar-refractivity contribution in [3.05, 3.63) is 58.9 Å². The normalized spacial score (nSPS) is 10.9. The first-order chi connectivity index (χ1) is 8.63. The van der Waals surface area contributed by atoms with Crippen LogP contribution in [0.3, 0.4) is 0 Å². The highest BCUT2D eigenvalue weighted by atomic mass is 35.5. The zero-order chi connectivity index (χ0) is 13.0. The van der Waals surface area contributed by atoms with Crippen molar-refractivity contribution in [2.45, 2.75) is 13.1 Å². The standard InChI is InChI=1S/C13H13ClFN3/c1-18(8-10-2-4-11(15)5-3-10)9-12-6-17-13(14)7-16-12/h2-7H,8-9H2,1H3. The molecule has 0 bridgehead atoms. The van der Waals surface area contributed by atoms with Crippen LogP contribution in [0.2, 0.25) is 5.15 Å². The Kier molecular flexibility index (Phi) is 4.23. The molecular formula is C13H13ClFN3. The second-order valence-corrected chi connectivity index (χ2v) is 4.52. The van der Waals surface area contributed by atoms with Crippen LogP contribution in [0.1, 0.15) is 11.3 Å². The lowest BCUT2D eigenvalue weighted by Gasteiger charge is -2.15. The molecule has 0 spiro atoms. The Morgan fingerprint density at radius 1 is 1.11 bits per heavy atom. The SMILES string of the molecule is CN(Cc1ccc(F)cc1)Cc1cnc(Cl)cn1. The lowest BCUT2D eigenvalue weighted by atomic mass is 10.2. The molecule has 94 valence electrons. The van der Waals surface area contributed by atoms with Crippen LogP contribution in [0.4, 0.5) is 4.39 Å². The molecule has 0 saturated heterocycles. The first-order valence-corrected chi connectivity index (χ1v) is 5.91. The molecule has 1 heterocycles. The smallest absolute Gasteiger partial charge is 0.147 e. The van der Waals surface area contributed by atoms with Crippen LogP contribution >= 0.6 is 11.6 Å². The number of rotatable bonds is 4. The van der Waals surface area contributed by atoms with Crippen LogP contribution in [0.25, 0.3) is 0 Å². The molecule has 2 rings (SSSR count). The summed E-state index contributed by atoms with van der Waals surface area (Å²) in [7, 11) is 1.97. The van der Waals surface area contributed by atoms with Crippen LogP contribution in [0, 0.1) is 5.82 Å². The number of benzene rings is 1. The largest absolute Gasteiger partial charge is 0.296 e. The summed E-state index contributed by atoms with van der Waals surface area (Å²) in [6.07, 6.45) is 3.19. The monoisotopic (exact) mass is 265 g/mol. The fraction of sp³-hybridized carbons (Fsp3) is 0.231. The molecule has 0 aliphatic carbocycles. The van der Waals surface area contributed by atoms with E-state index in [0.29, 0.717) is 11.7 Å². The average molecular weight is 266 g/mol. The molecule has 0 unspecified atom stereocenters. The van der Waals surface area contributed by atoms with Crippen LogP contribution in [0.15, 0.2) is 36.7 Å². The summed E-state index contributed by atoms with van der Waals surface area (Å²) >= 11 is 5.67. The molecule has 18 heavy (non-hydrogen) atoms. The second-order valence-electron chi connectivity index (χ2n) is 4.13. The zero-order valence-corrected chi connectivity index (χ0v) is 10.7. The van der Waals surface area contributed by atoms with Crippen molar-refractivity contribution >= 4 is 11.6 Å². The van der Waals surface area contributed by atoms with E-state index < -0.39 is 0 Å². The summed E-state index contributed by atoms with van der Waals surface area (Å²) in [4.78, 5) is 10.2. The van der Waals surface area contributed by atoms with Gasteiger partial charge in [0, 0.05) is 13.1 Å². The molecule has 0 N–H and O–H groups in total. The zero-order valence-electron chi connectivity index (χ0n) is 9.98. The van der Waals surface area contributed by atoms with Crippen LogP contribution in [-0.4, -0.2) is 21.9 Å². The maximum absolute atomic E-state index is 12.8. The highest BCUT2D eigenvalue weighted by Crippen LogP contribution is 2.08. The summed E-state index contributed by atoms with van der Waals surface area (Å²) in [5.74, 6) is -0.218. The van der Waals surface area contributed by atoms with Crippen LogP contribution in [0.5, 0.6) is 0 Å². The van der Waals surface area contributed by atoms with E-state index in [4.69, 9.17) is 11.6 Å². The Balaban J connectivity index is 1.94. The third-order valence-electron chi connectivity index (χ3n) is 2.47. The van der Waals surface area contributed by atoms with Gasteiger partial charge in [-0.1, -0.05) is 23.7 Å². The van der Waals surface area contributed by atoms with Gasteiger partial charge < -0.3 is 0 Å². The predicted octanol–water partition coefficient (Wildman–Crippen LogP) is 2.90. The Morgan fingerprint density at radius 3 is 2.44 bits per heavy atom. The number of hydrogen-bond acceptors (Lipinski definition) is 3. The van der Waals surface area contributed by atoms with Gasteiger partial charge in [0.2, 0.25) is 0 Å². The fourth-order valence-corrected chi connectivity index (χ4v) is 1.75. The maximum Gasteiger partial charge on any atom is 0.147 e. The summed E-state index contributed by atoms with van der Waals surface area (Å²) in [6.45, 7) is 1.39. The molecule has 0 amide bonds. The fourth-order valence-electron chi connectivity index (χ4n) is 1.65. The van der Waals surface area contributed by atoms with E-state index in [-0.39, 0.29) is 5.82 Å². The minimum atomic E-state index is -0.218. The summed E-state index contributed by atoms with van der Waals surface area (Å²) in [5, 5.41) is 0.389. The van der Waals surface area contributed by atoms with E-state index in [9.17, 15) is 4.39 Å². The molecule has 0 fully saturated rings. The van der Waals surface area contributed by atoms with Crippen LogP contribution < -0.4 is 0 Å². The van der Waals surface area contributed by atoms with E-state index in [1.165, 1.54) is 18.3 Å². The van der Waals surface area contributed by atoms with Gasteiger partial charge in [-0.3, -0.25) is 9.88 Å². The minimum Gasteiger partial charge on any atom is -0.296 e. The van der Waals surface area contributed by atoms with E-state index in [1.807, 2.05) is 7.05 Å². The molecule has 1 aromatic carbocycles. The van der Waals surface area contributed by atoms with Gasteiger partial charge >= 0.3 is 0 Å². The lowest BCUT2D eigenvalue weighted by Crippen LogP contribution is -2.18. The van der Waals surface area contributed by atoms with Crippen molar-refractivity contribution < 1.29 is 4.39 Å². The maximum atomic E-state index is 12.8. The van der Waals surface area contributed by atoms with Crippen molar-refractivity contribution in [3.8, 4) is 0 Å². The van der Waals surface area contributed by atoms with E-state index in [0.717, 1.165) is 17.8 Å².